The van der Waals surface area contributed by atoms with Gasteiger partial charge in [0.25, 0.3) is 0 Å². The molecule has 0 spiro atoms. The summed E-state index contributed by atoms with van der Waals surface area (Å²) in [4.78, 5) is 3.83. The van der Waals surface area contributed by atoms with Crippen LogP contribution in [0.2, 0.25) is 0 Å². The third-order valence-corrected chi connectivity index (χ3v) is 1.33. The van der Waals surface area contributed by atoms with E-state index < -0.39 is 0 Å². The van der Waals surface area contributed by atoms with Gasteiger partial charge in [0.05, 0.1) is 0 Å². The van der Waals surface area contributed by atoms with Crippen LogP contribution in [0.3, 0.4) is 0 Å². The van der Waals surface area contributed by atoms with Gasteiger partial charge in [-0.15, -0.1) is 22.0 Å². The summed E-state index contributed by atoms with van der Waals surface area (Å²) in [6, 6.07) is 0. The molecule has 0 saturated heterocycles. The summed E-state index contributed by atoms with van der Waals surface area (Å²) < 4.78 is 0. The van der Waals surface area contributed by atoms with Gasteiger partial charge in [-0.1, -0.05) is 0 Å². The second kappa shape index (κ2) is 2.13. The molecule has 1 aliphatic rings. The highest BCUT2D eigenvalue weighted by Crippen LogP contribution is 2.13. The average Bonchev–Trinajstić information content (AvgIpc) is 2.14. The Morgan fingerprint density at radius 1 is 1.75 bits per heavy atom. The first-order valence-corrected chi connectivity index (χ1v) is 3.38. The molecule has 44 valence electrons. The van der Waals surface area contributed by atoms with Gasteiger partial charge in [-0.3, -0.25) is 0 Å². The zero-order chi connectivity index (χ0) is 5.98. The summed E-state index contributed by atoms with van der Waals surface area (Å²) in [5.41, 5.74) is 5.09. The van der Waals surface area contributed by atoms with Gasteiger partial charge in [0.2, 0.25) is 11.5 Å². The van der Waals surface area contributed by atoms with E-state index in [2.05, 4.69) is 15.2 Å². The molecule has 0 bridgehead atoms. The molecule has 0 fully saturated rings. The van der Waals surface area contributed by atoms with Gasteiger partial charge in [-0.05, 0) is 6.26 Å². The van der Waals surface area contributed by atoms with E-state index >= 15 is 0 Å². The van der Waals surface area contributed by atoms with Crippen molar-refractivity contribution < 1.29 is 0 Å². The van der Waals surface area contributed by atoms with Crippen molar-refractivity contribution in [3.8, 4) is 0 Å². The molecule has 0 aromatic rings. The van der Waals surface area contributed by atoms with Gasteiger partial charge in [-0.25, -0.2) is 4.99 Å². The zero-order valence-electron chi connectivity index (χ0n) is 4.40. The molecule has 0 aromatic carbocycles. The van der Waals surface area contributed by atoms with E-state index in [1.807, 2.05) is 6.26 Å². The molecular formula is C3H6N4S. The molecule has 1 unspecified atom stereocenters. The summed E-state index contributed by atoms with van der Waals surface area (Å²) in [6.45, 7) is 0. The maximum Gasteiger partial charge on any atom is 0.238 e. The lowest BCUT2D eigenvalue weighted by atomic mass is 11.0. The number of guanidine groups is 1. The number of nitrogens with two attached hydrogens (primary N) is 1. The fourth-order valence-electron chi connectivity index (χ4n) is 0.373. The quantitative estimate of drug-likeness (QED) is 0.559. The number of aliphatic imine (C=N–C) groups is 1. The van der Waals surface area contributed by atoms with Crippen LogP contribution in [0.4, 0.5) is 0 Å². The highest BCUT2D eigenvalue weighted by atomic mass is 32.2. The van der Waals surface area contributed by atoms with Crippen molar-refractivity contribution in [2.75, 3.05) is 6.26 Å². The van der Waals surface area contributed by atoms with Crippen LogP contribution in [0.15, 0.2) is 15.2 Å². The first-order valence-electron chi connectivity index (χ1n) is 2.10. The minimum absolute atomic E-state index is 0.0880. The summed E-state index contributed by atoms with van der Waals surface area (Å²) in [5, 5.41) is 7.21. The van der Waals surface area contributed by atoms with Gasteiger partial charge in [0, 0.05) is 0 Å². The predicted molar refractivity (Wildman–Crippen MR) is 33.8 cm³/mol. The smallest absolute Gasteiger partial charge is 0.238 e. The Bertz CT molecular complexity index is 140. The Kier molecular flexibility index (Phi) is 1.48. The van der Waals surface area contributed by atoms with Gasteiger partial charge >= 0.3 is 0 Å². The van der Waals surface area contributed by atoms with Crippen molar-refractivity contribution in [3.63, 3.8) is 0 Å². The molecule has 0 aliphatic carbocycles. The number of hydrogen-bond donors (Lipinski definition) is 1. The van der Waals surface area contributed by atoms with E-state index in [0.717, 1.165) is 0 Å². The van der Waals surface area contributed by atoms with Crippen LogP contribution in [-0.2, 0) is 0 Å². The molecule has 1 aliphatic heterocycles. The van der Waals surface area contributed by atoms with Crippen molar-refractivity contribution in [1.82, 2.24) is 0 Å². The van der Waals surface area contributed by atoms with Crippen LogP contribution in [-0.4, -0.2) is 17.7 Å². The summed E-state index contributed by atoms with van der Waals surface area (Å²) in [5.74, 6) is 0.282. The van der Waals surface area contributed by atoms with Gasteiger partial charge in [0.15, 0.2) is 0 Å². The van der Waals surface area contributed by atoms with Crippen LogP contribution in [0, 0.1) is 0 Å². The number of hydrogen-bond acceptors (Lipinski definition) is 5. The lowest BCUT2D eigenvalue weighted by Crippen LogP contribution is -2.04. The Morgan fingerprint density at radius 3 is 2.75 bits per heavy atom. The monoisotopic (exact) mass is 130 g/mol. The molecule has 0 aromatic heterocycles. The van der Waals surface area contributed by atoms with Gasteiger partial charge in [0.1, 0.15) is 0 Å². The summed E-state index contributed by atoms with van der Waals surface area (Å²) in [7, 11) is 0. The second-order valence-electron chi connectivity index (χ2n) is 1.26. The Morgan fingerprint density at radius 2 is 2.50 bits per heavy atom. The Balaban J connectivity index is 2.55. The van der Waals surface area contributed by atoms with Crippen LogP contribution in [0.25, 0.3) is 0 Å². The average molecular weight is 130 g/mol. The van der Waals surface area contributed by atoms with Crippen LogP contribution in [0.5, 0.6) is 0 Å². The van der Waals surface area contributed by atoms with E-state index in [1.165, 1.54) is 11.8 Å². The first kappa shape index (κ1) is 5.55. The molecule has 0 amide bonds. The lowest BCUT2D eigenvalue weighted by Gasteiger charge is -1.90. The molecule has 4 nitrogen and oxygen atoms in total. The van der Waals surface area contributed by atoms with Crippen molar-refractivity contribution in [2.45, 2.75) is 5.50 Å². The van der Waals surface area contributed by atoms with Crippen LogP contribution < -0.4 is 5.73 Å². The molecule has 1 heterocycles. The number of thioether (sulfide) groups is 1. The van der Waals surface area contributed by atoms with Gasteiger partial charge in [-0.2, -0.15) is 0 Å². The van der Waals surface area contributed by atoms with Crippen molar-refractivity contribution >= 4 is 17.7 Å². The van der Waals surface area contributed by atoms with Crippen molar-refractivity contribution in [2.24, 2.45) is 21.0 Å². The van der Waals surface area contributed by atoms with Crippen molar-refractivity contribution in [1.29, 1.82) is 0 Å². The number of rotatable bonds is 1. The van der Waals surface area contributed by atoms with Gasteiger partial charge < -0.3 is 5.73 Å². The first-order chi connectivity index (χ1) is 3.83. The normalized spacial score (nSPS) is 26.1. The molecule has 0 saturated carbocycles. The molecule has 1 rings (SSSR count). The molecular weight excluding hydrogens is 124 g/mol. The summed E-state index contributed by atoms with van der Waals surface area (Å²) >= 11 is 1.51. The zero-order valence-corrected chi connectivity index (χ0v) is 5.22. The number of nitrogens with zero attached hydrogens (tertiary/aromatic N) is 3. The standard InChI is InChI=1S/C3H6N4S/c1-8-3-5-2(4)6-7-3/h3H,1H3,(H2,4,5). The lowest BCUT2D eigenvalue weighted by molar-refractivity contribution is 0.976. The molecule has 5 heteroatoms. The maximum atomic E-state index is 5.18. The predicted octanol–water partition coefficient (Wildman–Crippen LogP) is 0.414. The van der Waals surface area contributed by atoms with Crippen molar-refractivity contribution in [3.05, 3.63) is 0 Å². The largest absolute Gasteiger partial charge is 0.367 e. The molecule has 0 radical (unpaired) electrons. The Labute approximate surface area is 51.3 Å². The maximum absolute atomic E-state index is 5.18. The highest BCUT2D eigenvalue weighted by molar-refractivity contribution is 7.99. The van der Waals surface area contributed by atoms with E-state index in [0.29, 0.717) is 0 Å². The molecule has 8 heavy (non-hydrogen) atoms. The third-order valence-electron chi connectivity index (χ3n) is 0.713. The van der Waals surface area contributed by atoms with E-state index in [9.17, 15) is 0 Å². The topological polar surface area (TPSA) is 63.1 Å². The fourth-order valence-corrected chi connectivity index (χ4v) is 0.728. The SMILES string of the molecule is CSC1N=NC(N)=N1. The third kappa shape index (κ3) is 0.975. The Hall–Kier alpha value is -0.580. The van der Waals surface area contributed by atoms with Crippen LogP contribution >= 0.6 is 11.8 Å². The summed E-state index contributed by atoms with van der Waals surface area (Å²) in [6.07, 6.45) is 1.91. The number of azo groups is 1. The minimum atomic E-state index is -0.0880. The van der Waals surface area contributed by atoms with E-state index in [4.69, 9.17) is 5.73 Å². The van der Waals surface area contributed by atoms with Crippen LogP contribution in [0.1, 0.15) is 0 Å². The van der Waals surface area contributed by atoms with E-state index in [1.54, 1.807) is 0 Å². The molecule has 2 N–H and O–H groups in total. The molecule has 1 atom stereocenters. The minimum Gasteiger partial charge on any atom is -0.367 e. The van der Waals surface area contributed by atoms with E-state index in [-0.39, 0.29) is 11.5 Å². The highest BCUT2D eigenvalue weighted by Gasteiger charge is 2.07. The fraction of sp³-hybridized carbons (Fsp3) is 0.667. The second-order valence-corrected chi connectivity index (χ2v) is 2.16.